The van der Waals surface area contributed by atoms with Crippen molar-refractivity contribution in [3.8, 4) is 0 Å². The zero-order valence-corrected chi connectivity index (χ0v) is 12.9. The average Bonchev–Trinajstić information content (AvgIpc) is 2.32. The molecule has 1 aliphatic rings. The van der Waals surface area contributed by atoms with Crippen molar-refractivity contribution in [2.75, 3.05) is 13.1 Å². The van der Waals surface area contributed by atoms with Crippen molar-refractivity contribution in [1.82, 2.24) is 5.32 Å². The van der Waals surface area contributed by atoms with Crippen LogP contribution < -0.4 is 5.32 Å². The second-order valence-corrected chi connectivity index (χ2v) is 7.37. The van der Waals surface area contributed by atoms with Crippen LogP contribution in [-0.4, -0.2) is 18.3 Å². The number of benzene rings is 1. The second kappa shape index (κ2) is 6.26. The molecule has 1 aromatic carbocycles. The number of nitrogens with one attached hydrogen (secondary N) is 1. The highest BCUT2D eigenvalue weighted by atomic mass is 79.9. The van der Waals surface area contributed by atoms with E-state index in [4.69, 9.17) is 0 Å². The van der Waals surface area contributed by atoms with Gasteiger partial charge < -0.3 is 5.32 Å². The van der Waals surface area contributed by atoms with Gasteiger partial charge in [0.05, 0.1) is 0 Å². The van der Waals surface area contributed by atoms with Crippen LogP contribution in [0.15, 0.2) is 27.6 Å². The molecule has 2 rings (SSSR count). The molecule has 1 heterocycles. The summed E-state index contributed by atoms with van der Waals surface area (Å²) in [4.78, 5) is 1.35. The molecule has 94 valence electrons. The first-order chi connectivity index (χ1) is 8.16. The summed E-state index contributed by atoms with van der Waals surface area (Å²) in [7, 11) is 0. The van der Waals surface area contributed by atoms with E-state index in [1.165, 1.54) is 34.3 Å². The minimum Gasteiger partial charge on any atom is -0.316 e. The summed E-state index contributed by atoms with van der Waals surface area (Å²) < 4.78 is 1.25. The molecule has 1 fully saturated rings. The van der Waals surface area contributed by atoms with Crippen LogP contribution in [0.5, 0.6) is 0 Å². The first-order valence-corrected chi connectivity index (χ1v) is 8.01. The predicted molar refractivity (Wildman–Crippen MR) is 80.0 cm³/mol. The summed E-state index contributed by atoms with van der Waals surface area (Å²) in [5.74, 6) is 0.693. The molecule has 0 amide bonds. The maximum Gasteiger partial charge on any atom is 0.0314 e. The lowest BCUT2D eigenvalue weighted by Gasteiger charge is -2.23. The Labute approximate surface area is 117 Å². The molecule has 17 heavy (non-hydrogen) atoms. The van der Waals surface area contributed by atoms with E-state index in [1.807, 2.05) is 11.8 Å². The van der Waals surface area contributed by atoms with Crippen LogP contribution in [0.4, 0.5) is 0 Å². The van der Waals surface area contributed by atoms with Gasteiger partial charge in [-0.05, 0) is 58.9 Å². The molecule has 0 aromatic heterocycles. The molecule has 0 radical (unpaired) electrons. The van der Waals surface area contributed by atoms with Gasteiger partial charge in [0, 0.05) is 21.2 Å². The van der Waals surface area contributed by atoms with Crippen molar-refractivity contribution < 1.29 is 0 Å². The molecule has 1 saturated heterocycles. The van der Waals surface area contributed by atoms with E-state index in [0.29, 0.717) is 11.2 Å². The van der Waals surface area contributed by atoms with Gasteiger partial charge in [0.1, 0.15) is 0 Å². The summed E-state index contributed by atoms with van der Waals surface area (Å²) >= 11 is 5.62. The Bertz CT molecular complexity index is 372. The largest absolute Gasteiger partial charge is 0.316 e. The number of hydrogen-bond donors (Lipinski definition) is 1. The normalized spacial score (nSPS) is 20.8. The van der Waals surface area contributed by atoms with Gasteiger partial charge in [-0.3, -0.25) is 0 Å². The van der Waals surface area contributed by atoms with Gasteiger partial charge in [0.15, 0.2) is 0 Å². The van der Waals surface area contributed by atoms with Crippen LogP contribution in [0, 0.1) is 0 Å². The molecule has 0 bridgehead atoms. The van der Waals surface area contributed by atoms with Crippen LogP contribution in [0.2, 0.25) is 0 Å². The SMILES string of the molecule is CC(C)Sc1ccc(C2CCCNC2)cc1Br. The summed E-state index contributed by atoms with van der Waals surface area (Å²) in [6.07, 6.45) is 2.61. The van der Waals surface area contributed by atoms with Gasteiger partial charge in [-0.15, -0.1) is 11.8 Å². The molecule has 1 aromatic rings. The number of rotatable bonds is 3. The Morgan fingerprint density at radius 1 is 1.41 bits per heavy atom. The fourth-order valence-corrected chi connectivity index (χ4v) is 3.76. The van der Waals surface area contributed by atoms with Gasteiger partial charge >= 0.3 is 0 Å². The Kier molecular flexibility index (Phi) is 4.95. The number of thioether (sulfide) groups is 1. The standard InChI is InChI=1S/C14H20BrNS/c1-10(2)17-14-6-5-11(8-13(14)15)12-4-3-7-16-9-12/h5-6,8,10,12,16H,3-4,7,9H2,1-2H3. The quantitative estimate of drug-likeness (QED) is 0.829. The monoisotopic (exact) mass is 313 g/mol. The third-order valence-electron chi connectivity index (χ3n) is 3.09. The fraction of sp³-hybridized carbons (Fsp3) is 0.571. The smallest absolute Gasteiger partial charge is 0.0314 e. The van der Waals surface area contributed by atoms with Crippen molar-refractivity contribution in [2.24, 2.45) is 0 Å². The van der Waals surface area contributed by atoms with E-state index in [9.17, 15) is 0 Å². The van der Waals surface area contributed by atoms with E-state index < -0.39 is 0 Å². The van der Waals surface area contributed by atoms with Gasteiger partial charge in [-0.25, -0.2) is 0 Å². The maximum absolute atomic E-state index is 3.70. The van der Waals surface area contributed by atoms with E-state index in [2.05, 4.69) is 53.3 Å². The van der Waals surface area contributed by atoms with Crippen LogP contribution in [0.25, 0.3) is 0 Å². The molecule has 1 atom stereocenters. The van der Waals surface area contributed by atoms with E-state index in [0.717, 1.165) is 6.54 Å². The van der Waals surface area contributed by atoms with Gasteiger partial charge in [0.2, 0.25) is 0 Å². The lowest BCUT2D eigenvalue weighted by molar-refractivity contribution is 0.461. The highest BCUT2D eigenvalue weighted by molar-refractivity contribution is 9.10. The van der Waals surface area contributed by atoms with Crippen molar-refractivity contribution in [2.45, 2.75) is 42.8 Å². The van der Waals surface area contributed by atoms with E-state index in [-0.39, 0.29) is 0 Å². The Hall–Kier alpha value is 0.01000. The van der Waals surface area contributed by atoms with E-state index in [1.54, 1.807) is 0 Å². The minimum absolute atomic E-state index is 0.633. The summed E-state index contributed by atoms with van der Waals surface area (Å²) in [5, 5.41) is 4.11. The first-order valence-electron chi connectivity index (χ1n) is 6.33. The Morgan fingerprint density at radius 3 is 2.82 bits per heavy atom. The van der Waals surface area contributed by atoms with Crippen molar-refractivity contribution >= 4 is 27.7 Å². The molecule has 1 aliphatic heterocycles. The van der Waals surface area contributed by atoms with Crippen LogP contribution in [0.3, 0.4) is 0 Å². The molecule has 3 heteroatoms. The average molecular weight is 314 g/mol. The van der Waals surface area contributed by atoms with Gasteiger partial charge in [0.25, 0.3) is 0 Å². The van der Waals surface area contributed by atoms with Crippen LogP contribution >= 0.6 is 27.7 Å². The fourth-order valence-electron chi connectivity index (χ4n) is 2.26. The van der Waals surface area contributed by atoms with Gasteiger partial charge in [-0.2, -0.15) is 0 Å². The highest BCUT2D eigenvalue weighted by Gasteiger charge is 2.16. The maximum atomic E-state index is 3.70. The zero-order chi connectivity index (χ0) is 12.3. The summed E-state index contributed by atoms with van der Waals surface area (Å²) in [6, 6.07) is 6.87. The summed E-state index contributed by atoms with van der Waals surface area (Å²) in [6.45, 7) is 6.77. The molecular formula is C14H20BrNS. The highest BCUT2D eigenvalue weighted by Crippen LogP contribution is 2.34. The zero-order valence-electron chi connectivity index (χ0n) is 10.5. The Morgan fingerprint density at radius 2 is 2.24 bits per heavy atom. The first kappa shape index (κ1) is 13.4. The third kappa shape index (κ3) is 3.73. The molecule has 1 N–H and O–H groups in total. The van der Waals surface area contributed by atoms with E-state index >= 15 is 0 Å². The molecule has 1 nitrogen and oxygen atoms in total. The predicted octanol–water partition coefficient (Wildman–Crippen LogP) is 4.42. The number of halogens is 1. The number of hydrogen-bond acceptors (Lipinski definition) is 2. The lowest BCUT2D eigenvalue weighted by atomic mass is 9.92. The van der Waals surface area contributed by atoms with Gasteiger partial charge in [-0.1, -0.05) is 19.9 Å². The number of piperidine rings is 1. The van der Waals surface area contributed by atoms with Crippen molar-refractivity contribution in [3.63, 3.8) is 0 Å². The van der Waals surface area contributed by atoms with Crippen molar-refractivity contribution in [1.29, 1.82) is 0 Å². The third-order valence-corrected chi connectivity index (χ3v) is 5.09. The Balaban J connectivity index is 2.12. The molecule has 0 spiro atoms. The van der Waals surface area contributed by atoms with Crippen LogP contribution in [-0.2, 0) is 0 Å². The second-order valence-electron chi connectivity index (χ2n) is 4.90. The minimum atomic E-state index is 0.633. The lowest BCUT2D eigenvalue weighted by Crippen LogP contribution is -2.28. The molecule has 1 unspecified atom stereocenters. The summed E-state index contributed by atoms with van der Waals surface area (Å²) in [5.41, 5.74) is 1.47. The molecule has 0 saturated carbocycles. The van der Waals surface area contributed by atoms with Crippen molar-refractivity contribution in [3.05, 3.63) is 28.2 Å². The van der Waals surface area contributed by atoms with Crippen LogP contribution in [0.1, 0.15) is 38.2 Å². The molecular weight excluding hydrogens is 294 g/mol. The topological polar surface area (TPSA) is 12.0 Å². The molecule has 0 aliphatic carbocycles.